The summed E-state index contributed by atoms with van der Waals surface area (Å²) in [4.78, 5) is 10.1. The highest BCUT2D eigenvalue weighted by Gasteiger charge is 2.15. The summed E-state index contributed by atoms with van der Waals surface area (Å²) in [6, 6.07) is 54.2. The van der Waals surface area contributed by atoms with Gasteiger partial charge in [-0.1, -0.05) is 127 Å². The van der Waals surface area contributed by atoms with Gasteiger partial charge in [0.25, 0.3) is 0 Å². The number of ether oxygens (including phenoxy) is 1. The quantitative estimate of drug-likeness (QED) is 0.101. The number of allylic oxidation sites excluding steroid dienone is 1. The van der Waals surface area contributed by atoms with Crippen molar-refractivity contribution in [1.29, 1.82) is 0 Å². The van der Waals surface area contributed by atoms with Gasteiger partial charge in [-0.05, 0) is 117 Å². The standard InChI is InChI=1S/C52H39N3O2/c1-33-27-37-14-5-6-15-39(37)31-49(33)56-43-18-9-16-38(28-43)40-25-26-47-46(29-40)50-42(17-10-20-48(50)57-47)32-54-52(36-12-3-2-4-13-36)55-51(53)41-24-23-35-22-21-34-11-7-8-19-44(34)45(35)30-41/h2-4,6-13,15-31H,5,14,32H2,1H3,(H2,53,54,55). The van der Waals surface area contributed by atoms with Crippen molar-refractivity contribution in [3.63, 3.8) is 0 Å². The van der Waals surface area contributed by atoms with E-state index in [1.807, 2.05) is 60.7 Å². The van der Waals surface area contributed by atoms with Gasteiger partial charge < -0.3 is 14.9 Å². The summed E-state index contributed by atoms with van der Waals surface area (Å²) < 4.78 is 12.9. The molecule has 0 atom stereocenters. The molecular weight excluding hydrogens is 699 g/mol. The van der Waals surface area contributed by atoms with Crippen LogP contribution in [0, 0.1) is 6.92 Å². The van der Waals surface area contributed by atoms with Crippen LogP contribution in [0.4, 0.5) is 0 Å². The van der Waals surface area contributed by atoms with Crippen LogP contribution in [-0.2, 0) is 13.0 Å². The number of furan rings is 1. The average Bonchev–Trinajstić information content (AvgIpc) is 3.64. The Morgan fingerprint density at radius 2 is 1.47 bits per heavy atom. The van der Waals surface area contributed by atoms with Gasteiger partial charge in [-0.15, -0.1) is 0 Å². The number of hydrogen-bond donors (Lipinski definition) is 1. The Hall–Kier alpha value is -7.24. The second-order valence-corrected chi connectivity index (χ2v) is 14.7. The summed E-state index contributed by atoms with van der Waals surface area (Å²) in [6.07, 6.45) is 6.59. The highest BCUT2D eigenvalue weighted by molar-refractivity contribution is 6.14. The van der Waals surface area contributed by atoms with Crippen molar-refractivity contribution < 1.29 is 9.15 Å². The van der Waals surface area contributed by atoms with E-state index in [1.165, 1.54) is 21.9 Å². The molecule has 5 heteroatoms. The number of nitrogens with two attached hydrogens (primary N) is 1. The van der Waals surface area contributed by atoms with E-state index in [4.69, 9.17) is 24.9 Å². The SMILES string of the molecule is Cc1cc2c(cc1Oc1cccc(-c3ccc4oc5cccc(CN=C(N=C(N)c6ccc7ccc8ccccc8c7c6)c6ccccc6)c5c4c3)c1)C=CCC2. The maximum absolute atomic E-state index is 6.79. The maximum Gasteiger partial charge on any atom is 0.157 e. The number of aryl methyl sites for hydroxylation is 2. The van der Waals surface area contributed by atoms with Gasteiger partial charge in [-0.2, -0.15) is 0 Å². The molecule has 0 bridgehead atoms. The molecule has 10 rings (SSSR count). The molecule has 0 saturated carbocycles. The average molecular weight is 738 g/mol. The summed E-state index contributed by atoms with van der Waals surface area (Å²) >= 11 is 0. The Morgan fingerprint density at radius 3 is 2.39 bits per heavy atom. The smallest absolute Gasteiger partial charge is 0.157 e. The summed E-state index contributed by atoms with van der Waals surface area (Å²) in [7, 11) is 0. The monoisotopic (exact) mass is 737 g/mol. The van der Waals surface area contributed by atoms with E-state index < -0.39 is 0 Å². The normalized spacial score (nSPS) is 13.1. The fourth-order valence-electron chi connectivity index (χ4n) is 8.05. The van der Waals surface area contributed by atoms with Crippen LogP contribution in [0.15, 0.2) is 178 Å². The van der Waals surface area contributed by atoms with E-state index in [1.54, 1.807) is 0 Å². The maximum atomic E-state index is 6.79. The molecule has 5 nitrogen and oxygen atoms in total. The lowest BCUT2D eigenvalue weighted by Crippen LogP contribution is -2.16. The lowest BCUT2D eigenvalue weighted by atomic mass is 9.95. The number of fused-ring (bicyclic) bond motifs is 7. The van der Waals surface area contributed by atoms with E-state index in [9.17, 15) is 0 Å². The zero-order valence-corrected chi connectivity index (χ0v) is 31.6. The zero-order chi connectivity index (χ0) is 38.3. The molecule has 57 heavy (non-hydrogen) atoms. The predicted molar refractivity (Wildman–Crippen MR) is 237 cm³/mol. The molecule has 9 aromatic rings. The zero-order valence-electron chi connectivity index (χ0n) is 31.6. The highest BCUT2D eigenvalue weighted by atomic mass is 16.5. The number of hydrogen-bond acceptors (Lipinski definition) is 3. The topological polar surface area (TPSA) is 73.1 Å². The van der Waals surface area contributed by atoms with Crippen LogP contribution in [0.25, 0.3) is 60.7 Å². The molecule has 0 fully saturated rings. The van der Waals surface area contributed by atoms with Gasteiger partial charge in [0.05, 0.1) is 6.54 Å². The first-order valence-corrected chi connectivity index (χ1v) is 19.4. The first-order valence-electron chi connectivity index (χ1n) is 19.4. The van der Waals surface area contributed by atoms with E-state index in [2.05, 4.69) is 116 Å². The summed E-state index contributed by atoms with van der Waals surface area (Å²) in [5.41, 5.74) is 17.1. The van der Waals surface area contributed by atoms with Crippen molar-refractivity contribution >= 4 is 61.2 Å². The molecule has 1 aliphatic carbocycles. The molecule has 1 heterocycles. The van der Waals surface area contributed by atoms with Crippen LogP contribution in [0.5, 0.6) is 11.5 Å². The number of benzene rings is 8. The minimum atomic E-state index is 0.387. The second-order valence-electron chi connectivity index (χ2n) is 14.7. The number of amidine groups is 2. The summed E-state index contributed by atoms with van der Waals surface area (Å²) in [5, 5.41) is 6.74. The molecule has 0 saturated heterocycles. The van der Waals surface area contributed by atoms with Gasteiger partial charge >= 0.3 is 0 Å². The van der Waals surface area contributed by atoms with Crippen molar-refractivity contribution in [2.75, 3.05) is 0 Å². The molecule has 0 aliphatic heterocycles. The summed E-state index contributed by atoms with van der Waals surface area (Å²) in [6.45, 7) is 2.51. The van der Waals surface area contributed by atoms with Crippen LogP contribution in [0.3, 0.4) is 0 Å². The van der Waals surface area contributed by atoms with Gasteiger partial charge in [0, 0.05) is 21.9 Å². The van der Waals surface area contributed by atoms with Gasteiger partial charge in [0.15, 0.2) is 5.84 Å². The van der Waals surface area contributed by atoms with Gasteiger partial charge in [-0.3, -0.25) is 4.99 Å². The Balaban J connectivity index is 0.996. The Morgan fingerprint density at radius 1 is 0.667 bits per heavy atom. The lowest BCUT2D eigenvalue weighted by molar-refractivity contribution is 0.478. The number of nitrogens with zero attached hydrogens (tertiary/aromatic N) is 2. The molecule has 0 amide bonds. The number of aliphatic imine (C=N–C) groups is 2. The molecule has 0 spiro atoms. The highest BCUT2D eigenvalue weighted by Crippen LogP contribution is 2.37. The number of rotatable bonds is 7. The summed E-state index contributed by atoms with van der Waals surface area (Å²) in [5.74, 6) is 2.66. The van der Waals surface area contributed by atoms with Crippen molar-refractivity contribution in [3.8, 4) is 22.6 Å². The largest absolute Gasteiger partial charge is 0.457 e. The van der Waals surface area contributed by atoms with Gasteiger partial charge in [0.2, 0.25) is 0 Å². The lowest BCUT2D eigenvalue weighted by Gasteiger charge is -2.16. The molecular formula is C52H39N3O2. The van der Waals surface area contributed by atoms with Gasteiger partial charge in [0.1, 0.15) is 28.5 Å². The Bertz CT molecular complexity index is 3100. The van der Waals surface area contributed by atoms with Crippen LogP contribution in [0.1, 0.15) is 39.8 Å². The molecule has 8 aromatic carbocycles. The first-order chi connectivity index (χ1) is 28.0. The van der Waals surface area contributed by atoms with E-state index in [0.717, 1.165) is 90.4 Å². The van der Waals surface area contributed by atoms with Crippen LogP contribution >= 0.6 is 0 Å². The van der Waals surface area contributed by atoms with Gasteiger partial charge in [-0.25, -0.2) is 4.99 Å². The fourth-order valence-corrected chi connectivity index (χ4v) is 8.05. The van der Waals surface area contributed by atoms with E-state index in [0.29, 0.717) is 18.2 Å². The van der Waals surface area contributed by atoms with E-state index >= 15 is 0 Å². The van der Waals surface area contributed by atoms with Crippen LogP contribution in [0.2, 0.25) is 0 Å². The Labute approximate surface area is 331 Å². The fraction of sp³-hybridized carbons (Fsp3) is 0.0769. The van der Waals surface area contributed by atoms with Crippen molar-refractivity contribution in [2.45, 2.75) is 26.3 Å². The first kappa shape index (κ1) is 34.3. The Kier molecular flexibility index (Phi) is 8.68. The predicted octanol–water partition coefficient (Wildman–Crippen LogP) is 13.0. The molecule has 0 unspecified atom stereocenters. The third-order valence-corrected chi connectivity index (χ3v) is 11.0. The van der Waals surface area contributed by atoms with Crippen LogP contribution < -0.4 is 10.5 Å². The van der Waals surface area contributed by atoms with Crippen molar-refractivity contribution in [3.05, 3.63) is 197 Å². The van der Waals surface area contributed by atoms with Crippen LogP contribution in [-0.4, -0.2) is 11.7 Å². The molecule has 1 aromatic heterocycles. The molecule has 1 aliphatic rings. The minimum absolute atomic E-state index is 0.387. The third-order valence-electron chi connectivity index (χ3n) is 11.0. The third kappa shape index (κ3) is 6.64. The second kappa shape index (κ2) is 14.4. The minimum Gasteiger partial charge on any atom is -0.457 e. The van der Waals surface area contributed by atoms with Crippen molar-refractivity contribution in [1.82, 2.24) is 0 Å². The molecule has 0 radical (unpaired) electrons. The van der Waals surface area contributed by atoms with E-state index in [-0.39, 0.29) is 0 Å². The van der Waals surface area contributed by atoms with Crippen molar-refractivity contribution in [2.24, 2.45) is 15.7 Å². The molecule has 2 N–H and O–H groups in total. The molecule has 274 valence electrons.